The van der Waals surface area contributed by atoms with E-state index in [-0.39, 0.29) is 11.1 Å². The second kappa shape index (κ2) is 8.16. The maximum atomic E-state index is 13.2. The smallest absolute Gasteiger partial charge is 0.276 e. The molecule has 0 bridgehead atoms. The molecule has 148 valence electrons. The minimum Gasteiger partial charge on any atom is -0.383 e. The number of hydrogen-bond acceptors (Lipinski definition) is 4. The van der Waals surface area contributed by atoms with E-state index in [4.69, 9.17) is 4.74 Å². The number of likely N-dealkylation sites (tertiary alicyclic amines) is 1. The van der Waals surface area contributed by atoms with Crippen LogP contribution in [0, 0.1) is 0 Å². The summed E-state index contributed by atoms with van der Waals surface area (Å²) in [6, 6.07) is 11.4. The lowest BCUT2D eigenvalue weighted by molar-refractivity contribution is 0.184. The quantitative estimate of drug-likeness (QED) is 0.676. The van der Waals surface area contributed by atoms with Gasteiger partial charge in [-0.25, -0.2) is 4.68 Å². The maximum absolute atomic E-state index is 13.2. The van der Waals surface area contributed by atoms with Gasteiger partial charge in [-0.3, -0.25) is 19.6 Å². The third-order valence-corrected chi connectivity index (χ3v) is 5.41. The number of rotatable bonds is 7. The molecule has 28 heavy (non-hydrogen) atoms. The highest BCUT2D eigenvalue weighted by molar-refractivity contribution is 5.80. The van der Waals surface area contributed by atoms with Crippen molar-refractivity contribution in [2.24, 2.45) is 0 Å². The lowest BCUT2D eigenvalue weighted by atomic mass is 10.2. The summed E-state index contributed by atoms with van der Waals surface area (Å²) in [5.41, 5.74) is 2.24. The fraction of sp³-hybridized carbons (Fsp3) is 0.429. The number of pyridine rings is 1. The SMILES string of the molecule is COCCn1c(CN2CCCC2)c2c(=O)n(Cc3ccccc3)[nH]c2cc1=O. The van der Waals surface area contributed by atoms with Crippen LogP contribution in [0.4, 0.5) is 0 Å². The number of nitrogens with zero attached hydrogens (tertiary/aromatic N) is 3. The molecule has 0 atom stereocenters. The summed E-state index contributed by atoms with van der Waals surface area (Å²) in [7, 11) is 1.62. The topological polar surface area (TPSA) is 72.3 Å². The van der Waals surface area contributed by atoms with Crippen LogP contribution < -0.4 is 11.1 Å². The van der Waals surface area contributed by atoms with Gasteiger partial charge in [0, 0.05) is 26.3 Å². The van der Waals surface area contributed by atoms with Gasteiger partial charge in [0.2, 0.25) is 0 Å². The van der Waals surface area contributed by atoms with Crippen molar-refractivity contribution < 1.29 is 4.74 Å². The molecule has 0 spiro atoms. The van der Waals surface area contributed by atoms with Gasteiger partial charge in [-0.2, -0.15) is 0 Å². The fourth-order valence-corrected chi connectivity index (χ4v) is 3.98. The number of ether oxygens (including phenoxy) is 1. The third kappa shape index (κ3) is 3.68. The Morgan fingerprint density at radius 1 is 1.07 bits per heavy atom. The van der Waals surface area contributed by atoms with Gasteiger partial charge >= 0.3 is 0 Å². The van der Waals surface area contributed by atoms with E-state index in [0.29, 0.717) is 37.1 Å². The average molecular weight is 382 g/mol. The minimum absolute atomic E-state index is 0.0841. The third-order valence-electron chi connectivity index (χ3n) is 5.41. The number of aromatic amines is 1. The molecule has 0 aliphatic carbocycles. The molecule has 7 nitrogen and oxygen atoms in total. The zero-order valence-electron chi connectivity index (χ0n) is 16.2. The van der Waals surface area contributed by atoms with Crippen LogP contribution >= 0.6 is 0 Å². The Labute approximate surface area is 163 Å². The second-order valence-electron chi connectivity index (χ2n) is 7.33. The molecule has 1 aromatic carbocycles. The first-order valence-electron chi connectivity index (χ1n) is 9.78. The first kappa shape index (κ1) is 18.7. The Balaban J connectivity index is 1.82. The molecule has 7 heteroatoms. The van der Waals surface area contributed by atoms with Crippen LogP contribution in [0.5, 0.6) is 0 Å². The Kier molecular flexibility index (Phi) is 5.45. The standard InChI is InChI=1S/C21H26N4O3/c1-28-12-11-24-18(15-23-9-5-6-10-23)20-17(13-19(24)26)22-25(21(20)27)14-16-7-3-2-4-8-16/h2-4,7-8,13,22H,5-6,9-12,14-15H2,1H3. The summed E-state index contributed by atoms with van der Waals surface area (Å²) in [4.78, 5) is 28.3. The molecule has 0 saturated carbocycles. The van der Waals surface area contributed by atoms with Gasteiger partial charge in [-0.05, 0) is 31.5 Å². The molecule has 0 amide bonds. The molecule has 1 N–H and O–H groups in total. The van der Waals surface area contributed by atoms with E-state index in [1.54, 1.807) is 16.4 Å². The molecular weight excluding hydrogens is 356 g/mol. The van der Waals surface area contributed by atoms with Crippen molar-refractivity contribution in [1.29, 1.82) is 0 Å². The summed E-state index contributed by atoms with van der Waals surface area (Å²) in [5, 5.41) is 3.75. The van der Waals surface area contributed by atoms with Gasteiger partial charge in [-0.1, -0.05) is 30.3 Å². The number of fused-ring (bicyclic) bond motifs is 1. The summed E-state index contributed by atoms with van der Waals surface area (Å²) < 4.78 is 8.48. The van der Waals surface area contributed by atoms with Crippen LogP contribution in [0.3, 0.4) is 0 Å². The molecule has 0 unspecified atom stereocenters. The number of methoxy groups -OCH3 is 1. The summed E-state index contributed by atoms with van der Waals surface area (Å²) in [5.74, 6) is 0. The van der Waals surface area contributed by atoms with E-state index in [0.717, 1.165) is 37.2 Å². The highest BCUT2D eigenvalue weighted by Gasteiger charge is 2.21. The summed E-state index contributed by atoms with van der Waals surface area (Å²) in [6.07, 6.45) is 2.31. The molecule has 3 heterocycles. The Morgan fingerprint density at radius 2 is 1.82 bits per heavy atom. The summed E-state index contributed by atoms with van der Waals surface area (Å²) >= 11 is 0. The normalized spacial score (nSPS) is 14.9. The average Bonchev–Trinajstić information content (AvgIpc) is 3.30. The van der Waals surface area contributed by atoms with Gasteiger partial charge in [0.15, 0.2) is 0 Å². The van der Waals surface area contributed by atoms with E-state index in [1.165, 1.54) is 6.07 Å². The van der Waals surface area contributed by atoms with Crippen molar-refractivity contribution in [1.82, 2.24) is 19.2 Å². The van der Waals surface area contributed by atoms with Gasteiger partial charge in [0.25, 0.3) is 11.1 Å². The van der Waals surface area contributed by atoms with Crippen LogP contribution in [0.1, 0.15) is 24.1 Å². The number of aromatic nitrogens is 3. The number of benzene rings is 1. The predicted molar refractivity (Wildman–Crippen MR) is 109 cm³/mol. The molecular formula is C21H26N4O3. The molecule has 1 aliphatic rings. The Hall–Kier alpha value is -2.64. The molecule has 2 aromatic heterocycles. The van der Waals surface area contributed by atoms with Crippen LogP contribution in [0.2, 0.25) is 0 Å². The van der Waals surface area contributed by atoms with Crippen LogP contribution in [0.15, 0.2) is 46.0 Å². The van der Waals surface area contributed by atoms with Crippen molar-refractivity contribution in [2.45, 2.75) is 32.5 Å². The highest BCUT2D eigenvalue weighted by atomic mass is 16.5. The van der Waals surface area contributed by atoms with Gasteiger partial charge in [0.05, 0.1) is 29.7 Å². The molecule has 1 aliphatic heterocycles. The van der Waals surface area contributed by atoms with Crippen LogP contribution in [-0.4, -0.2) is 46.1 Å². The van der Waals surface area contributed by atoms with E-state index < -0.39 is 0 Å². The Morgan fingerprint density at radius 3 is 2.54 bits per heavy atom. The van der Waals surface area contributed by atoms with E-state index >= 15 is 0 Å². The number of H-pyrrole nitrogens is 1. The van der Waals surface area contributed by atoms with E-state index in [2.05, 4.69) is 10.00 Å². The lowest BCUT2D eigenvalue weighted by Crippen LogP contribution is -2.30. The monoisotopic (exact) mass is 382 g/mol. The molecule has 4 rings (SSSR count). The maximum Gasteiger partial charge on any atom is 0.276 e. The zero-order valence-corrected chi connectivity index (χ0v) is 16.2. The second-order valence-corrected chi connectivity index (χ2v) is 7.33. The Bertz CT molecular complexity index is 1060. The largest absolute Gasteiger partial charge is 0.383 e. The number of nitrogens with one attached hydrogen (secondary N) is 1. The van der Waals surface area contributed by atoms with E-state index in [1.807, 2.05) is 30.3 Å². The fourth-order valence-electron chi connectivity index (χ4n) is 3.98. The highest BCUT2D eigenvalue weighted by Crippen LogP contribution is 2.18. The van der Waals surface area contributed by atoms with Crippen molar-refractivity contribution in [3.8, 4) is 0 Å². The lowest BCUT2D eigenvalue weighted by Gasteiger charge is -2.19. The van der Waals surface area contributed by atoms with E-state index in [9.17, 15) is 9.59 Å². The molecule has 0 radical (unpaired) electrons. The van der Waals surface area contributed by atoms with Gasteiger partial charge in [-0.15, -0.1) is 0 Å². The molecule has 3 aromatic rings. The number of hydrogen-bond donors (Lipinski definition) is 1. The van der Waals surface area contributed by atoms with Crippen molar-refractivity contribution in [3.63, 3.8) is 0 Å². The molecule has 1 saturated heterocycles. The predicted octanol–water partition coefficient (Wildman–Crippen LogP) is 1.78. The van der Waals surface area contributed by atoms with Crippen molar-refractivity contribution in [2.75, 3.05) is 26.8 Å². The van der Waals surface area contributed by atoms with Gasteiger partial charge in [0.1, 0.15) is 0 Å². The van der Waals surface area contributed by atoms with Gasteiger partial charge < -0.3 is 9.30 Å². The van der Waals surface area contributed by atoms with Crippen LogP contribution in [0.25, 0.3) is 10.9 Å². The van der Waals surface area contributed by atoms with Crippen molar-refractivity contribution in [3.05, 3.63) is 68.4 Å². The zero-order chi connectivity index (χ0) is 19.5. The first-order valence-corrected chi connectivity index (χ1v) is 9.78. The minimum atomic E-state index is -0.105. The summed E-state index contributed by atoms with van der Waals surface area (Å²) in [6.45, 7) is 3.92. The molecule has 1 fully saturated rings. The van der Waals surface area contributed by atoms with Crippen molar-refractivity contribution >= 4 is 10.9 Å². The first-order chi connectivity index (χ1) is 13.7. The van der Waals surface area contributed by atoms with Crippen LogP contribution in [-0.2, 0) is 24.4 Å².